The fourth-order valence-electron chi connectivity index (χ4n) is 3.19. The number of sulfonamides is 1. The van der Waals surface area contributed by atoms with Gasteiger partial charge in [0.15, 0.2) is 0 Å². The number of carbonyl (C=O) groups is 1. The molecule has 0 aliphatic heterocycles. The highest BCUT2D eigenvalue weighted by Crippen LogP contribution is 2.17. The molecule has 1 atom stereocenters. The third kappa shape index (κ3) is 6.01. The molecule has 0 aliphatic carbocycles. The van der Waals surface area contributed by atoms with Crippen LogP contribution >= 0.6 is 0 Å². The van der Waals surface area contributed by atoms with E-state index in [9.17, 15) is 13.2 Å². The Hall–Kier alpha value is -2.97. The van der Waals surface area contributed by atoms with Gasteiger partial charge in [-0.1, -0.05) is 55.5 Å². The molecule has 0 radical (unpaired) electrons. The summed E-state index contributed by atoms with van der Waals surface area (Å²) in [5.41, 5.74) is 7.23. The van der Waals surface area contributed by atoms with Gasteiger partial charge in [0.05, 0.1) is 5.75 Å². The molecule has 3 aromatic rings. The second-order valence-corrected chi connectivity index (χ2v) is 9.06. The maximum absolute atomic E-state index is 12.9. The van der Waals surface area contributed by atoms with Gasteiger partial charge in [0, 0.05) is 12.7 Å². The molecule has 0 saturated heterocycles. The molecule has 1 aromatic heterocycles. The highest BCUT2D eigenvalue weighted by Gasteiger charge is 2.24. The van der Waals surface area contributed by atoms with E-state index in [1.54, 1.807) is 25.3 Å². The third-order valence-electron chi connectivity index (χ3n) is 4.68. The maximum Gasteiger partial charge on any atom is 0.238 e. The van der Waals surface area contributed by atoms with E-state index in [0.717, 1.165) is 21.9 Å². The van der Waals surface area contributed by atoms with Crippen LogP contribution in [0.4, 0.5) is 5.82 Å². The van der Waals surface area contributed by atoms with Crippen molar-refractivity contribution in [1.82, 2.24) is 15.0 Å². The molecular weight excluding hydrogens is 400 g/mol. The van der Waals surface area contributed by atoms with Crippen LogP contribution in [0.15, 0.2) is 60.8 Å². The Balaban J connectivity index is 1.77. The van der Waals surface area contributed by atoms with E-state index in [1.807, 2.05) is 42.5 Å². The van der Waals surface area contributed by atoms with E-state index >= 15 is 0 Å². The van der Waals surface area contributed by atoms with Gasteiger partial charge in [-0.15, -0.1) is 0 Å². The summed E-state index contributed by atoms with van der Waals surface area (Å²) < 4.78 is 27.2. The number of nitrogens with one attached hydrogen (secondary N) is 2. The lowest BCUT2D eigenvalue weighted by molar-refractivity contribution is -0.122. The summed E-state index contributed by atoms with van der Waals surface area (Å²) >= 11 is 0. The topological polar surface area (TPSA) is 114 Å². The quantitative estimate of drug-likeness (QED) is 0.486. The number of aromatic nitrogens is 1. The van der Waals surface area contributed by atoms with E-state index in [4.69, 9.17) is 5.73 Å². The van der Waals surface area contributed by atoms with Crippen molar-refractivity contribution in [3.63, 3.8) is 0 Å². The van der Waals surface area contributed by atoms with Gasteiger partial charge in [-0.05, 0) is 40.8 Å². The molecule has 7 nitrogen and oxygen atoms in total. The molecule has 1 amide bonds. The average Bonchev–Trinajstić information content (AvgIpc) is 2.72. The summed E-state index contributed by atoms with van der Waals surface area (Å²) in [6.45, 7) is 2.02. The van der Waals surface area contributed by atoms with Crippen molar-refractivity contribution in [2.24, 2.45) is 0 Å². The fourth-order valence-corrected chi connectivity index (χ4v) is 4.47. The van der Waals surface area contributed by atoms with E-state index in [-0.39, 0.29) is 24.6 Å². The number of pyridine rings is 1. The number of carbonyl (C=O) groups excluding carboxylic acids is 1. The van der Waals surface area contributed by atoms with Crippen molar-refractivity contribution in [2.45, 2.75) is 32.4 Å². The van der Waals surface area contributed by atoms with Crippen LogP contribution in [0.5, 0.6) is 0 Å². The number of anilines is 1. The van der Waals surface area contributed by atoms with Crippen molar-refractivity contribution in [1.29, 1.82) is 0 Å². The number of hydrogen-bond acceptors (Lipinski definition) is 5. The van der Waals surface area contributed by atoms with Gasteiger partial charge in [-0.3, -0.25) is 4.79 Å². The van der Waals surface area contributed by atoms with Crippen molar-refractivity contribution in [3.05, 3.63) is 71.9 Å². The molecule has 0 bridgehead atoms. The predicted octanol–water partition coefficient (Wildman–Crippen LogP) is 2.37. The molecule has 0 saturated carbocycles. The van der Waals surface area contributed by atoms with Gasteiger partial charge in [0.1, 0.15) is 11.9 Å². The number of nitrogen functional groups attached to an aromatic ring is 1. The number of hydrogen-bond donors (Lipinski definition) is 3. The Bertz CT molecular complexity index is 1110. The van der Waals surface area contributed by atoms with Crippen molar-refractivity contribution in [2.75, 3.05) is 11.5 Å². The number of amides is 1. The lowest BCUT2D eigenvalue weighted by atomic mass is 10.0. The molecule has 0 aliphatic rings. The zero-order chi connectivity index (χ0) is 21.6. The second kappa shape index (κ2) is 9.69. The number of benzene rings is 2. The van der Waals surface area contributed by atoms with Crippen molar-refractivity contribution < 1.29 is 13.2 Å². The summed E-state index contributed by atoms with van der Waals surface area (Å²) in [4.78, 5) is 16.8. The standard InChI is InChI=1S/C22H26N4O3S/c1-2-11-30(28,29)26-20(22(27)25-15-17-8-10-21(23)24-14-17)13-16-7-9-18-5-3-4-6-19(18)12-16/h3-10,12,14,20,26H,2,11,13,15H2,1H3,(H2,23,24)(H,25,27)/t20-/m0/s1. The minimum atomic E-state index is -3.57. The summed E-state index contributed by atoms with van der Waals surface area (Å²) in [5, 5.41) is 4.92. The fraction of sp³-hybridized carbons (Fsp3) is 0.273. The van der Waals surface area contributed by atoms with Gasteiger partial charge >= 0.3 is 0 Å². The molecule has 158 valence electrons. The Labute approximate surface area is 176 Å². The van der Waals surface area contributed by atoms with Crippen LogP contribution in [0.1, 0.15) is 24.5 Å². The van der Waals surface area contributed by atoms with Crippen LogP contribution in [0.3, 0.4) is 0 Å². The number of rotatable bonds is 9. The van der Waals surface area contributed by atoms with Gasteiger partial charge in [0.25, 0.3) is 0 Å². The molecule has 3 rings (SSSR count). The molecule has 8 heteroatoms. The van der Waals surface area contributed by atoms with Crippen LogP contribution in [0.25, 0.3) is 10.8 Å². The van der Waals surface area contributed by atoms with Crippen LogP contribution in [-0.4, -0.2) is 31.1 Å². The summed E-state index contributed by atoms with van der Waals surface area (Å²) in [7, 11) is -3.57. The molecule has 30 heavy (non-hydrogen) atoms. The monoisotopic (exact) mass is 426 g/mol. The van der Waals surface area contributed by atoms with Gasteiger partial charge in [-0.2, -0.15) is 0 Å². The molecule has 1 heterocycles. The normalized spacial score (nSPS) is 12.6. The van der Waals surface area contributed by atoms with E-state index in [1.165, 1.54) is 0 Å². The van der Waals surface area contributed by atoms with Crippen LogP contribution in [0.2, 0.25) is 0 Å². The maximum atomic E-state index is 12.9. The molecule has 4 N–H and O–H groups in total. The highest BCUT2D eigenvalue weighted by molar-refractivity contribution is 7.89. The van der Waals surface area contributed by atoms with Gasteiger partial charge in [0.2, 0.25) is 15.9 Å². The van der Waals surface area contributed by atoms with Gasteiger partial charge < -0.3 is 11.1 Å². The van der Waals surface area contributed by atoms with E-state index in [2.05, 4.69) is 15.0 Å². The number of nitrogens with zero attached hydrogens (tertiary/aromatic N) is 1. The summed E-state index contributed by atoms with van der Waals surface area (Å²) in [6.07, 6.45) is 2.30. The predicted molar refractivity (Wildman–Crippen MR) is 119 cm³/mol. The Morgan fingerprint density at radius 1 is 1.07 bits per heavy atom. The minimum Gasteiger partial charge on any atom is -0.384 e. The summed E-state index contributed by atoms with van der Waals surface area (Å²) in [6, 6.07) is 16.3. The van der Waals surface area contributed by atoms with E-state index < -0.39 is 16.1 Å². The molecule has 0 spiro atoms. The second-order valence-electron chi connectivity index (χ2n) is 7.18. The molecule has 0 fully saturated rings. The average molecular weight is 427 g/mol. The van der Waals surface area contributed by atoms with Crippen LogP contribution < -0.4 is 15.8 Å². The van der Waals surface area contributed by atoms with Crippen LogP contribution in [0, 0.1) is 0 Å². The SMILES string of the molecule is CCCS(=O)(=O)N[C@@H](Cc1ccc2ccccc2c1)C(=O)NCc1ccc(N)nc1. The first-order chi connectivity index (χ1) is 14.4. The van der Waals surface area contributed by atoms with Crippen molar-refractivity contribution in [3.8, 4) is 0 Å². The summed E-state index contributed by atoms with van der Waals surface area (Å²) in [5.74, 6) is -0.0256. The first-order valence-electron chi connectivity index (χ1n) is 9.82. The number of nitrogens with two attached hydrogens (primary N) is 1. The van der Waals surface area contributed by atoms with E-state index in [0.29, 0.717) is 12.2 Å². The molecular formula is C22H26N4O3S. The number of fused-ring (bicyclic) bond motifs is 1. The third-order valence-corrected chi connectivity index (χ3v) is 6.27. The largest absolute Gasteiger partial charge is 0.384 e. The minimum absolute atomic E-state index is 0.0314. The first kappa shape index (κ1) is 21.7. The van der Waals surface area contributed by atoms with Crippen molar-refractivity contribution >= 4 is 32.5 Å². The van der Waals surface area contributed by atoms with Crippen LogP contribution in [-0.2, 0) is 27.8 Å². The zero-order valence-electron chi connectivity index (χ0n) is 16.8. The lowest BCUT2D eigenvalue weighted by Crippen LogP contribution is -2.48. The molecule has 2 aromatic carbocycles. The zero-order valence-corrected chi connectivity index (χ0v) is 17.7. The molecule has 0 unspecified atom stereocenters. The highest BCUT2D eigenvalue weighted by atomic mass is 32.2. The Morgan fingerprint density at radius 3 is 2.50 bits per heavy atom. The Morgan fingerprint density at radius 2 is 1.80 bits per heavy atom. The van der Waals surface area contributed by atoms with Gasteiger partial charge in [-0.25, -0.2) is 18.1 Å². The Kier molecular flexibility index (Phi) is 7.02. The first-order valence-corrected chi connectivity index (χ1v) is 11.5. The lowest BCUT2D eigenvalue weighted by Gasteiger charge is -2.19. The smallest absolute Gasteiger partial charge is 0.238 e.